The maximum Gasteiger partial charge on any atom is 0.312 e. The van der Waals surface area contributed by atoms with Crippen molar-refractivity contribution in [2.45, 2.75) is 26.4 Å². The van der Waals surface area contributed by atoms with E-state index in [2.05, 4.69) is 15.3 Å². The van der Waals surface area contributed by atoms with Crippen LogP contribution >= 0.6 is 22.9 Å². The maximum atomic E-state index is 12.2. The minimum absolute atomic E-state index is 0.00636. The van der Waals surface area contributed by atoms with E-state index in [9.17, 15) is 9.59 Å². The first-order valence-corrected chi connectivity index (χ1v) is 9.80. The van der Waals surface area contributed by atoms with Gasteiger partial charge in [-0.15, -0.1) is 11.3 Å². The second-order valence-electron chi connectivity index (χ2n) is 6.15. The maximum absolute atomic E-state index is 12.2. The van der Waals surface area contributed by atoms with Crippen LogP contribution in [-0.2, 0) is 20.7 Å². The number of hydrogen-bond acceptors (Lipinski definition) is 6. The summed E-state index contributed by atoms with van der Waals surface area (Å²) >= 11 is 7.37. The van der Waals surface area contributed by atoms with E-state index >= 15 is 0 Å². The molecular formula is C20H18ClN3O3S. The summed E-state index contributed by atoms with van der Waals surface area (Å²) < 4.78 is 5.21. The number of nitrogens with zero attached hydrogens (tertiary/aromatic N) is 2. The Hall–Kier alpha value is -2.77. The Labute approximate surface area is 171 Å². The summed E-state index contributed by atoms with van der Waals surface area (Å²) in [5, 5.41) is 5.41. The molecule has 2 heterocycles. The molecule has 3 aromatic rings. The summed E-state index contributed by atoms with van der Waals surface area (Å²) in [5.74, 6) is -1.01. The Morgan fingerprint density at radius 1 is 1.29 bits per heavy atom. The Kier molecular flexibility index (Phi) is 6.38. The smallest absolute Gasteiger partial charge is 0.312 e. The van der Waals surface area contributed by atoms with Crippen LogP contribution in [-0.4, -0.2) is 27.9 Å². The molecule has 8 heteroatoms. The predicted octanol–water partition coefficient (Wildman–Crippen LogP) is 4.28. The van der Waals surface area contributed by atoms with Gasteiger partial charge in [-0.3, -0.25) is 9.59 Å². The van der Waals surface area contributed by atoms with Crippen molar-refractivity contribution in [1.82, 2.24) is 9.97 Å². The fourth-order valence-corrected chi connectivity index (χ4v) is 3.44. The fourth-order valence-electron chi connectivity index (χ4n) is 2.45. The second kappa shape index (κ2) is 8.95. The molecule has 0 saturated heterocycles. The largest absolute Gasteiger partial charge is 0.452 e. The standard InChI is InChI=1S/C20H18ClN3O3S/c1-12-5-3-6-14(9-12)20-23-15(11-28-20)10-17(25)27-13(2)19(26)24-16-7-4-8-22-18(16)21/h3-9,11,13H,10H2,1-2H3,(H,24,26)/t13-/m1/s1. The van der Waals surface area contributed by atoms with Gasteiger partial charge in [0.15, 0.2) is 11.3 Å². The van der Waals surface area contributed by atoms with Crippen LogP contribution in [0.5, 0.6) is 0 Å². The lowest BCUT2D eigenvalue weighted by molar-refractivity contribution is -0.152. The predicted molar refractivity (Wildman–Crippen MR) is 109 cm³/mol. The van der Waals surface area contributed by atoms with Crippen molar-refractivity contribution < 1.29 is 14.3 Å². The van der Waals surface area contributed by atoms with Crippen molar-refractivity contribution in [3.63, 3.8) is 0 Å². The molecule has 0 aliphatic carbocycles. The number of esters is 1. The van der Waals surface area contributed by atoms with Crippen LogP contribution in [0.15, 0.2) is 48.0 Å². The molecule has 28 heavy (non-hydrogen) atoms. The average Bonchev–Trinajstić information content (AvgIpc) is 3.12. The number of pyridine rings is 1. The van der Waals surface area contributed by atoms with E-state index < -0.39 is 18.0 Å². The highest BCUT2D eigenvalue weighted by atomic mass is 35.5. The van der Waals surface area contributed by atoms with Crippen molar-refractivity contribution in [3.8, 4) is 10.6 Å². The highest BCUT2D eigenvalue weighted by molar-refractivity contribution is 7.13. The van der Waals surface area contributed by atoms with Crippen LogP contribution in [0.1, 0.15) is 18.2 Å². The number of halogens is 1. The SMILES string of the molecule is Cc1cccc(-c2nc(CC(=O)O[C@H](C)C(=O)Nc3cccnc3Cl)cs2)c1. The lowest BCUT2D eigenvalue weighted by Gasteiger charge is -2.13. The molecule has 1 aromatic carbocycles. The monoisotopic (exact) mass is 415 g/mol. The van der Waals surface area contributed by atoms with Gasteiger partial charge < -0.3 is 10.1 Å². The first kappa shape index (κ1) is 20.0. The molecule has 1 atom stereocenters. The van der Waals surface area contributed by atoms with Crippen molar-refractivity contribution in [3.05, 3.63) is 64.4 Å². The van der Waals surface area contributed by atoms with Gasteiger partial charge in [0.25, 0.3) is 5.91 Å². The number of ether oxygens (including phenoxy) is 1. The molecular weight excluding hydrogens is 398 g/mol. The Balaban J connectivity index is 1.56. The molecule has 1 amide bonds. The molecule has 0 aliphatic heterocycles. The third-order valence-electron chi connectivity index (χ3n) is 3.84. The van der Waals surface area contributed by atoms with Crippen LogP contribution in [0.4, 0.5) is 5.69 Å². The number of carbonyl (C=O) groups is 2. The number of hydrogen-bond donors (Lipinski definition) is 1. The minimum Gasteiger partial charge on any atom is -0.452 e. The van der Waals surface area contributed by atoms with Crippen molar-refractivity contribution >= 4 is 40.5 Å². The molecule has 2 aromatic heterocycles. The number of amides is 1. The van der Waals surface area contributed by atoms with Gasteiger partial charge in [-0.2, -0.15) is 0 Å². The van der Waals surface area contributed by atoms with Crippen LogP contribution in [0.2, 0.25) is 5.15 Å². The molecule has 0 aliphatic rings. The van der Waals surface area contributed by atoms with E-state index in [-0.39, 0.29) is 11.6 Å². The number of aryl methyl sites for hydroxylation is 1. The topological polar surface area (TPSA) is 81.2 Å². The quantitative estimate of drug-likeness (QED) is 0.480. The zero-order valence-electron chi connectivity index (χ0n) is 15.3. The molecule has 6 nitrogen and oxygen atoms in total. The third-order valence-corrected chi connectivity index (χ3v) is 5.08. The van der Waals surface area contributed by atoms with Gasteiger partial charge in [0.05, 0.1) is 17.8 Å². The van der Waals surface area contributed by atoms with Crippen molar-refractivity contribution in [2.24, 2.45) is 0 Å². The summed E-state index contributed by atoms with van der Waals surface area (Å²) in [4.78, 5) is 32.7. The number of carbonyl (C=O) groups excluding carboxylic acids is 2. The molecule has 0 fully saturated rings. The van der Waals surface area contributed by atoms with Crippen LogP contribution in [0, 0.1) is 6.92 Å². The molecule has 0 bridgehead atoms. The average molecular weight is 416 g/mol. The summed E-state index contributed by atoms with van der Waals surface area (Å²) in [6, 6.07) is 11.3. The van der Waals surface area contributed by atoms with Crippen LogP contribution < -0.4 is 5.32 Å². The number of aromatic nitrogens is 2. The summed E-state index contributed by atoms with van der Waals surface area (Å²) in [6.45, 7) is 3.51. The molecule has 0 unspecified atom stereocenters. The van der Waals surface area contributed by atoms with E-state index in [1.54, 1.807) is 12.1 Å². The van der Waals surface area contributed by atoms with Gasteiger partial charge >= 0.3 is 5.97 Å². The number of rotatable bonds is 6. The van der Waals surface area contributed by atoms with Crippen LogP contribution in [0.3, 0.4) is 0 Å². The van der Waals surface area contributed by atoms with Gasteiger partial charge in [0.1, 0.15) is 5.01 Å². The molecule has 0 radical (unpaired) electrons. The lowest BCUT2D eigenvalue weighted by atomic mass is 10.1. The van der Waals surface area contributed by atoms with Crippen molar-refractivity contribution in [2.75, 3.05) is 5.32 Å². The summed E-state index contributed by atoms with van der Waals surface area (Å²) in [5.41, 5.74) is 3.11. The number of benzene rings is 1. The van der Waals surface area contributed by atoms with Gasteiger partial charge in [-0.1, -0.05) is 35.4 Å². The highest BCUT2D eigenvalue weighted by Crippen LogP contribution is 2.25. The molecule has 0 spiro atoms. The van der Waals surface area contributed by atoms with E-state index in [1.165, 1.54) is 24.5 Å². The van der Waals surface area contributed by atoms with E-state index in [1.807, 2.05) is 36.6 Å². The van der Waals surface area contributed by atoms with Gasteiger partial charge in [-0.25, -0.2) is 9.97 Å². The number of thiazole rings is 1. The Morgan fingerprint density at radius 3 is 2.86 bits per heavy atom. The summed E-state index contributed by atoms with van der Waals surface area (Å²) in [7, 11) is 0. The van der Waals surface area contributed by atoms with E-state index in [0.29, 0.717) is 11.4 Å². The number of anilines is 1. The van der Waals surface area contributed by atoms with Gasteiger partial charge in [0, 0.05) is 17.1 Å². The second-order valence-corrected chi connectivity index (χ2v) is 7.37. The summed E-state index contributed by atoms with van der Waals surface area (Å²) in [6.07, 6.45) is 0.534. The van der Waals surface area contributed by atoms with Gasteiger partial charge in [-0.05, 0) is 32.0 Å². The molecule has 144 valence electrons. The zero-order chi connectivity index (χ0) is 20.1. The van der Waals surface area contributed by atoms with Gasteiger partial charge in [0.2, 0.25) is 0 Å². The van der Waals surface area contributed by atoms with E-state index in [4.69, 9.17) is 16.3 Å². The molecule has 3 rings (SSSR count). The number of nitrogens with one attached hydrogen (secondary N) is 1. The minimum atomic E-state index is -0.973. The van der Waals surface area contributed by atoms with Crippen LogP contribution in [0.25, 0.3) is 10.6 Å². The lowest BCUT2D eigenvalue weighted by Crippen LogP contribution is -2.30. The fraction of sp³-hybridized carbons (Fsp3) is 0.200. The molecule has 1 N–H and O–H groups in total. The van der Waals surface area contributed by atoms with E-state index in [0.717, 1.165) is 16.1 Å². The third kappa shape index (κ3) is 5.15. The first-order valence-electron chi connectivity index (χ1n) is 8.54. The highest BCUT2D eigenvalue weighted by Gasteiger charge is 2.20. The van der Waals surface area contributed by atoms with Crippen molar-refractivity contribution in [1.29, 1.82) is 0 Å². The molecule has 0 saturated carbocycles. The Bertz CT molecular complexity index is 1010. The normalized spacial score (nSPS) is 11.7. The first-order chi connectivity index (χ1) is 13.4. The Morgan fingerprint density at radius 2 is 2.11 bits per heavy atom. The zero-order valence-corrected chi connectivity index (χ0v) is 16.9.